The molecule has 1 aromatic heterocycles. The third-order valence-corrected chi connectivity index (χ3v) is 6.76. The number of benzene rings is 2. The lowest BCUT2D eigenvalue weighted by atomic mass is 9.75. The van der Waals surface area contributed by atoms with Gasteiger partial charge in [-0.15, -0.1) is 0 Å². The summed E-state index contributed by atoms with van der Waals surface area (Å²) in [4.78, 5) is 17.4. The van der Waals surface area contributed by atoms with Gasteiger partial charge < -0.3 is 5.32 Å². The van der Waals surface area contributed by atoms with Crippen molar-refractivity contribution in [2.24, 2.45) is 0 Å². The molecule has 1 aliphatic carbocycles. The molecule has 3 aromatic rings. The Morgan fingerprint density at radius 2 is 1.51 bits per heavy atom. The summed E-state index contributed by atoms with van der Waals surface area (Å²) in [6, 6.07) is 14.2. The van der Waals surface area contributed by atoms with Gasteiger partial charge in [0.05, 0.1) is 22.6 Å². The molecule has 0 fully saturated rings. The molecule has 1 aliphatic rings. The first-order chi connectivity index (χ1) is 17.4. The molecule has 0 radical (unpaired) electrons. The van der Waals surface area contributed by atoms with Gasteiger partial charge in [0.25, 0.3) is 0 Å². The van der Waals surface area contributed by atoms with E-state index in [1.165, 1.54) is 6.92 Å². The zero-order valence-electron chi connectivity index (χ0n) is 19.8. The van der Waals surface area contributed by atoms with Crippen molar-refractivity contribution in [3.05, 3.63) is 107 Å². The quantitative estimate of drug-likeness (QED) is 0.356. The van der Waals surface area contributed by atoms with Crippen molar-refractivity contribution in [2.75, 3.05) is 0 Å². The predicted octanol–water partition coefficient (Wildman–Crippen LogP) is 7.50. The van der Waals surface area contributed by atoms with Gasteiger partial charge in [0.2, 0.25) is 5.91 Å². The summed E-state index contributed by atoms with van der Waals surface area (Å²) in [5, 5.41) is 2.98. The van der Waals surface area contributed by atoms with E-state index in [1.54, 1.807) is 12.4 Å². The summed E-state index contributed by atoms with van der Waals surface area (Å²) in [6.45, 7) is 1.31. The Bertz CT molecular complexity index is 1250. The fraction of sp³-hybridized carbons (Fsp3) is 0.286. The summed E-state index contributed by atoms with van der Waals surface area (Å²) in [6.07, 6.45) is -3.10. The molecule has 2 aromatic carbocycles. The molecule has 3 nitrogen and oxygen atoms in total. The number of hydrogen-bond donors (Lipinski definition) is 1. The number of halogens is 6. The molecule has 194 valence electrons. The van der Waals surface area contributed by atoms with Crippen molar-refractivity contribution in [3.63, 3.8) is 0 Å². The third kappa shape index (κ3) is 5.87. The Hall–Kier alpha value is -3.62. The molecule has 9 heteroatoms. The van der Waals surface area contributed by atoms with E-state index in [0.717, 1.165) is 16.7 Å². The molecule has 0 saturated carbocycles. The molecule has 1 N–H and O–H groups in total. The number of alkyl halides is 6. The summed E-state index contributed by atoms with van der Waals surface area (Å²) < 4.78 is 80.1. The molecule has 0 saturated heterocycles. The van der Waals surface area contributed by atoms with Gasteiger partial charge >= 0.3 is 12.4 Å². The lowest BCUT2D eigenvalue weighted by molar-refractivity contribution is -0.143. The fourth-order valence-electron chi connectivity index (χ4n) is 4.61. The van der Waals surface area contributed by atoms with E-state index >= 15 is 0 Å². The van der Waals surface area contributed by atoms with Crippen LogP contribution >= 0.6 is 0 Å². The maximum absolute atomic E-state index is 13.4. The topological polar surface area (TPSA) is 42.0 Å². The minimum absolute atomic E-state index is 0.0617. The third-order valence-electron chi connectivity index (χ3n) is 6.76. The van der Waals surface area contributed by atoms with E-state index in [1.807, 2.05) is 48.5 Å². The lowest BCUT2D eigenvalue weighted by Gasteiger charge is -2.39. The first-order valence-electron chi connectivity index (χ1n) is 11.7. The second-order valence-corrected chi connectivity index (χ2v) is 9.17. The number of amides is 1. The maximum Gasteiger partial charge on any atom is 0.416 e. The van der Waals surface area contributed by atoms with Crippen molar-refractivity contribution in [3.8, 4) is 0 Å². The second-order valence-electron chi connectivity index (χ2n) is 9.17. The summed E-state index contributed by atoms with van der Waals surface area (Å²) in [7, 11) is 0. The highest BCUT2D eigenvalue weighted by Crippen LogP contribution is 2.41. The Kier molecular flexibility index (Phi) is 7.17. The molecular formula is C28H24F6N2O. The van der Waals surface area contributed by atoms with E-state index in [-0.39, 0.29) is 11.6 Å². The van der Waals surface area contributed by atoms with Crippen LogP contribution in [-0.4, -0.2) is 10.9 Å². The van der Waals surface area contributed by atoms with Crippen molar-refractivity contribution < 1.29 is 31.1 Å². The fourth-order valence-corrected chi connectivity index (χ4v) is 4.61. The van der Waals surface area contributed by atoms with Crippen LogP contribution in [0.25, 0.3) is 5.57 Å². The highest BCUT2D eigenvalue weighted by atomic mass is 19.4. The van der Waals surface area contributed by atoms with Crippen LogP contribution in [0.3, 0.4) is 0 Å². The maximum atomic E-state index is 13.4. The van der Waals surface area contributed by atoms with Crippen LogP contribution in [0, 0.1) is 0 Å². The zero-order chi connectivity index (χ0) is 26.8. The van der Waals surface area contributed by atoms with Gasteiger partial charge in [-0.1, -0.05) is 36.4 Å². The number of aromatic nitrogens is 1. The molecule has 0 aliphatic heterocycles. The molecule has 2 unspecified atom stereocenters. The highest BCUT2D eigenvalue weighted by Gasteiger charge is 2.40. The van der Waals surface area contributed by atoms with E-state index < -0.39 is 40.8 Å². The number of hydrogen-bond acceptors (Lipinski definition) is 2. The number of rotatable bonds is 5. The molecule has 1 heterocycles. The van der Waals surface area contributed by atoms with E-state index in [2.05, 4.69) is 10.3 Å². The Morgan fingerprint density at radius 1 is 0.919 bits per heavy atom. The molecule has 0 bridgehead atoms. The Morgan fingerprint density at radius 3 is 2.03 bits per heavy atom. The van der Waals surface area contributed by atoms with Crippen LogP contribution in [-0.2, 0) is 22.7 Å². The Balaban J connectivity index is 1.67. The SMILES string of the molecule is CC(C(=O)NC1(c2ccccc2)CC=C(c2ccncc2)CC1)c1cc(C(F)(F)F)cc(C(F)(F)F)c1. The summed E-state index contributed by atoms with van der Waals surface area (Å²) in [5.41, 5.74) is -1.23. The highest BCUT2D eigenvalue weighted by molar-refractivity contribution is 5.84. The summed E-state index contributed by atoms with van der Waals surface area (Å²) in [5.74, 6) is -1.91. The van der Waals surface area contributed by atoms with Crippen LogP contribution in [0.15, 0.2) is 79.1 Å². The minimum atomic E-state index is -4.99. The Labute approximate surface area is 210 Å². The largest absolute Gasteiger partial charge is 0.416 e. The number of nitrogens with zero attached hydrogens (tertiary/aromatic N) is 1. The predicted molar refractivity (Wildman–Crippen MR) is 127 cm³/mol. The number of carbonyl (C=O) groups excluding carboxylic acids is 1. The van der Waals surface area contributed by atoms with Crippen molar-refractivity contribution >= 4 is 11.5 Å². The van der Waals surface area contributed by atoms with Gasteiger partial charge in [0.1, 0.15) is 0 Å². The van der Waals surface area contributed by atoms with Gasteiger partial charge in [-0.3, -0.25) is 9.78 Å². The van der Waals surface area contributed by atoms with Crippen LogP contribution in [0.4, 0.5) is 26.3 Å². The number of carbonyl (C=O) groups is 1. The van der Waals surface area contributed by atoms with Gasteiger partial charge in [-0.25, -0.2) is 0 Å². The number of pyridine rings is 1. The van der Waals surface area contributed by atoms with Gasteiger partial charge in [0, 0.05) is 12.4 Å². The molecule has 2 atom stereocenters. The monoisotopic (exact) mass is 518 g/mol. The smallest absolute Gasteiger partial charge is 0.346 e. The second kappa shape index (κ2) is 10.0. The van der Waals surface area contributed by atoms with Crippen molar-refractivity contribution in [1.29, 1.82) is 0 Å². The van der Waals surface area contributed by atoms with E-state index in [4.69, 9.17) is 0 Å². The molecule has 0 spiro atoms. The van der Waals surface area contributed by atoms with Crippen LogP contribution in [0.2, 0.25) is 0 Å². The van der Waals surface area contributed by atoms with E-state index in [0.29, 0.717) is 31.4 Å². The van der Waals surface area contributed by atoms with Crippen LogP contribution in [0.5, 0.6) is 0 Å². The minimum Gasteiger partial charge on any atom is -0.346 e. The molecule has 1 amide bonds. The lowest BCUT2D eigenvalue weighted by Crippen LogP contribution is -2.48. The van der Waals surface area contributed by atoms with Crippen LogP contribution < -0.4 is 5.32 Å². The first kappa shape index (κ1) is 26.4. The van der Waals surface area contributed by atoms with Crippen molar-refractivity contribution in [2.45, 2.75) is 50.0 Å². The molecule has 4 rings (SSSR count). The van der Waals surface area contributed by atoms with Crippen LogP contribution in [0.1, 0.15) is 59.9 Å². The molecule has 37 heavy (non-hydrogen) atoms. The first-order valence-corrected chi connectivity index (χ1v) is 11.7. The normalized spacial score (nSPS) is 19.2. The van der Waals surface area contributed by atoms with Gasteiger partial charge in [0.15, 0.2) is 0 Å². The average molecular weight is 519 g/mol. The summed E-state index contributed by atoms with van der Waals surface area (Å²) >= 11 is 0. The number of allylic oxidation sites excluding steroid dienone is 1. The van der Waals surface area contributed by atoms with Gasteiger partial charge in [-0.2, -0.15) is 26.3 Å². The van der Waals surface area contributed by atoms with E-state index in [9.17, 15) is 31.1 Å². The number of nitrogens with one attached hydrogen (secondary N) is 1. The molecular weight excluding hydrogens is 494 g/mol. The van der Waals surface area contributed by atoms with Crippen molar-refractivity contribution in [1.82, 2.24) is 10.3 Å². The zero-order valence-corrected chi connectivity index (χ0v) is 19.8. The van der Waals surface area contributed by atoms with Gasteiger partial charge in [-0.05, 0) is 78.8 Å². The standard InChI is InChI=1S/C28H24F6N2O/c1-18(21-15-23(27(29,30)31)17-24(16-21)28(32,33)34)25(37)36-26(22-5-3-2-4-6-22)11-7-19(8-12-26)20-9-13-35-14-10-20/h2-7,9-10,13-18H,8,11-12H2,1H3,(H,36,37). The average Bonchev–Trinajstić information content (AvgIpc) is 2.88.